The van der Waals surface area contributed by atoms with Gasteiger partial charge in [-0.2, -0.15) is 0 Å². The molecule has 0 spiro atoms. The first kappa shape index (κ1) is 18.8. The molecular weight excluding hydrogens is 362 g/mol. The summed E-state index contributed by atoms with van der Waals surface area (Å²) in [6, 6.07) is 0. The van der Waals surface area contributed by atoms with E-state index in [1.54, 1.807) is 11.3 Å². The van der Waals surface area contributed by atoms with Crippen molar-refractivity contribution < 1.29 is 17.9 Å². The SMILES string of the molecule is O=C(CS(=O)(=O)NCC1CCCO1)NCCc1nc2c(s1)CCCC2. The molecule has 0 radical (unpaired) electrons. The third kappa shape index (κ3) is 5.73. The van der Waals surface area contributed by atoms with Crippen LogP contribution < -0.4 is 10.0 Å². The fraction of sp³-hybridized carbons (Fsp3) is 0.750. The normalized spacial score (nSPS) is 20.4. The van der Waals surface area contributed by atoms with Crippen LogP contribution in [0.25, 0.3) is 0 Å². The number of nitrogens with one attached hydrogen (secondary N) is 2. The van der Waals surface area contributed by atoms with Crippen LogP contribution in [-0.2, 0) is 38.8 Å². The molecule has 3 rings (SSSR count). The number of aromatic nitrogens is 1. The Bertz CT molecular complexity index is 673. The van der Waals surface area contributed by atoms with E-state index in [-0.39, 0.29) is 12.6 Å². The fourth-order valence-electron chi connectivity index (χ4n) is 3.12. The van der Waals surface area contributed by atoms with Crippen LogP contribution in [0.15, 0.2) is 0 Å². The lowest BCUT2D eigenvalue weighted by molar-refractivity contribution is -0.118. The van der Waals surface area contributed by atoms with Crippen LogP contribution >= 0.6 is 11.3 Å². The Labute approximate surface area is 152 Å². The quantitative estimate of drug-likeness (QED) is 0.687. The lowest BCUT2D eigenvalue weighted by Gasteiger charge is -2.11. The van der Waals surface area contributed by atoms with Gasteiger partial charge in [0, 0.05) is 31.0 Å². The summed E-state index contributed by atoms with van der Waals surface area (Å²) in [6.45, 7) is 1.32. The number of hydrogen-bond donors (Lipinski definition) is 2. The van der Waals surface area contributed by atoms with Crippen LogP contribution in [0.1, 0.15) is 41.3 Å². The Kier molecular flexibility index (Phi) is 6.43. The summed E-state index contributed by atoms with van der Waals surface area (Å²) in [6.07, 6.45) is 6.95. The van der Waals surface area contributed by atoms with E-state index in [1.165, 1.54) is 23.4 Å². The molecule has 2 N–H and O–H groups in total. The van der Waals surface area contributed by atoms with Gasteiger partial charge in [-0.05, 0) is 38.5 Å². The number of amides is 1. The first-order valence-corrected chi connectivity index (χ1v) is 11.3. The molecule has 7 nitrogen and oxygen atoms in total. The first-order chi connectivity index (χ1) is 12.0. The lowest BCUT2D eigenvalue weighted by atomic mass is 10.0. The van der Waals surface area contributed by atoms with Gasteiger partial charge in [0.1, 0.15) is 5.75 Å². The first-order valence-electron chi connectivity index (χ1n) is 8.85. The largest absolute Gasteiger partial charge is 0.377 e. The predicted octanol–water partition coefficient (Wildman–Crippen LogP) is 0.779. The number of ether oxygens (including phenoxy) is 1. The number of carbonyl (C=O) groups is 1. The van der Waals surface area contributed by atoms with Crippen LogP contribution in [0.2, 0.25) is 0 Å². The van der Waals surface area contributed by atoms with Gasteiger partial charge in [-0.15, -0.1) is 11.3 Å². The molecule has 0 saturated carbocycles. The van der Waals surface area contributed by atoms with E-state index in [4.69, 9.17) is 4.74 Å². The molecule has 1 atom stereocenters. The van der Waals surface area contributed by atoms with Gasteiger partial charge < -0.3 is 10.1 Å². The molecule has 1 saturated heterocycles. The Balaban J connectivity index is 1.37. The zero-order valence-corrected chi connectivity index (χ0v) is 15.9. The Hall–Kier alpha value is -1.03. The van der Waals surface area contributed by atoms with Crippen LogP contribution in [-0.4, -0.2) is 50.9 Å². The second-order valence-electron chi connectivity index (χ2n) is 6.53. The molecule has 2 aliphatic rings. The minimum Gasteiger partial charge on any atom is -0.377 e. The van der Waals surface area contributed by atoms with Crippen molar-refractivity contribution in [3.8, 4) is 0 Å². The fourth-order valence-corrected chi connectivity index (χ4v) is 5.27. The minimum absolute atomic E-state index is 0.0752. The van der Waals surface area contributed by atoms with E-state index in [0.717, 1.165) is 30.7 Å². The van der Waals surface area contributed by atoms with Gasteiger partial charge in [0.05, 0.1) is 16.8 Å². The van der Waals surface area contributed by atoms with Gasteiger partial charge in [0.25, 0.3) is 0 Å². The maximum atomic E-state index is 11.9. The van der Waals surface area contributed by atoms with Gasteiger partial charge in [-0.3, -0.25) is 4.79 Å². The average Bonchev–Trinajstić information content (AvgIpc) is 3.21. The summed E-state index contributed by atoms with van der Waals surface area (Å²) in [4.78, 5) is 17.8. The molecule has 1 aromatic rings. The number of thiazole rings is 1. The Morgan fingerprint density at radius 2 is 2.12 bits per heavy atom. The number of rotatable bonds is 8. The van der Waals surface area contributed by atoms with E-state index in [2.05, 4.69) is 15.0 Å². The van der Waals surface area contributed by atoms with Crippen molar-refractivity contribution in [2.45, 2.75) is 51.0 Å². The zero-order valence-electron chi connectivity index (χ0n) is 14.3. The third-order valence-corrected chi connectivity index (χ3v) is 6.89. The van der Waals surface area contributed by atoms with Gasteiger partial charge >= 0.3 is 0 Å². The minimum atomic E-state index is -3.62. The molecule has 140 valence electrons. The van der Waals surface area contributed by atoms with E-state index < -0.39 is 21.7 Å². The zero-order chi connectivity index (χ0) is 17.7. The highest BCUT2D eigenvalue weighted by atomic mass is 32.2. The number of hydrogen-bond acceptors (Lipinski definition) is 6. The van der Waals surface area contributed by atoms with Crippen LogP contribution in [0.5, 0.6) is 0 Å². The molecular formula is C16H25N3O4S2. The average molecular weight is 388 g/mol. The van der Waals surface area contributed by atoms with Crippen LogP contribution in [0.4, 0.5) is 0 Å². The van der Waals surface area contributed by atoms with E-state index in [9.17, 15) is 13.2 Å². The third-order valence-electron chi connectivity index (χ3n) is 4.43. The van der Waals surface area contributed by atoms with Crippen LogP contribution in [0.3, 0.4) is 0 Å². The molecule has 25 heavy (non-hydrogen) atoms. The maximum Gasteiger partial charge on any atom is 0.236 e. The second-order valence-corrected chi connectivity index (χ2v) is 9.50. The maximum absolute atomic E-state index is 11.9. The summed E-state index contributed by atoms with van der Waals surface area (Å²) >= 11 is 1.72. The number of sulfonamides is 1. The summed E-state index contributed by atoms with van der Waals surface area (Å²) in [5.41, 5.74) is 1.21. The topological polar surface area (TPSA) is 97.4 Å². The molecule has 1 unspecified atom stereocenters. The van der Waals surface area contributed by atoms with E-state index >= 15 is 0 Å². The van der Waals surface area contributed by atoms with Crippen molar-refractivity contribution in [3.05, 3.63) is 15.6 Å². The monoisotopic (exact) mass is 387 g/mol. The van der Waals surface area contributed by atoms with E-state index in [0.29, 0.717) is 19.6 Å². The predicted molar refractivity (Wildman–Crippen MR) is 96.2 cm³/mol. The van der Waals surface area contributed by atoms with Crippen molar-refractivity contribution >= 4 is 27.3 Å². The number of aryl methyl sites for hydroxylation is 2. The van der Waals surface area contributed by atoms with Crippen molar-refractivity contribution in [1.82, 2.24) is 15.0 Å². The number of carbonyl (C=O) groups excluding carboxylic acids is 1. The lowest BCUT2D eigenvalue weighted by Crippen LogP contribution is -2.39. The standard InChI is InChI=1S/C16H25N3O4S2/c20-15(11-25(21,22)18-10-12-4-3-9-23-12)17-8-7-16-19-13-5-1-2-6-14(13)24-16/h12,18H,1-11H2,(H,17,20). The van der Waals surface area contributed by atoms with Gasteiger partial charge in [-0.25, -0.2) is 18.1 Å². The highest BCUT2D eigenvalue weighted by Crippen LogP contribution is 2.26. The van der Waals surface area contributed by atoms with Crippen LogP contribution in [0, 0.1) is 0 Å². The van der Waals surface area contributed by atoms with Gasteiger partial charge in [-0.1, -0.05) is 0 Å². The molecule has 1 aliphatic heterocycles. The van der Waals surface area contributed by atoms with Crippen molar-refractivity contribution in [2.24, 2.45) is 0 Å². The Morgan fingerprint density at radius 3 is 2.88 bits per heavy atom. The van der Waals surface area contributed by atoms with Gasteiger partial charge in [0.2, 0.25) is 15.9 Å². The number of fused-ring (bicyclic) bond motifs is 1. The Morgan fingerprint density at radius 1 is 1.28 bits per heavy atom. The van der Waals surface area contributed by atoms with Crippen molar-refractivity contribution in [1.29, 1.82) is 0 Å². The molecule has 2 heterocycles. The van der Waals surface area contributed by atoms with Crippen molar-refractivity contribution in [3.63, 3.8) is 0 Å². The highest BCUT2D eigenvalue weighted by Gasteiger charge is 2.21. The van der Waals surface area contributed by atoms with E-state index in [1.807, 2.05) is 0 Å². The summed E-state index contributed by atoms with van der Waals surface area (Å²) in [5.74, 6) is -1.03. The van der Waals surface area contributed by atoms with Gasteiger partial charge in [0.15, 0.2) is 0 Å². The van der Waals surface area contributed by atoms with Crippen molar-refractivity contribution in [2.75, 3.05) is 25.4 Å². The molecule has 1 fully saturated rings. The summed E-state index contributed by atoms with van der Waals surface area (Å²) < 4.78 is 31.7. The molecule has 0 aromatic carbocycles. The second kappa shape index (κ2) is 8.57. The highest BCUT2D eigenvalue weighted by molar-refractivity contribution is 7.90. The molecule has 1 aliphatic carbocycles. The molecule has 0 bridgehead atoms. The summed E-state index contributed by atoms with van der Waals surface area (Å²) in [7, 11) is -3.62. The smallest absolute Gasteiger partial charge is 0.236 e. The molecule has 1 amide bonds. The number of nitrogens with zero attached hydrogens (tertiary/aromatic N) is 1. The molecule has 9 heteroatoms. The summed E-state index contributed by atoms with van der Waals surface area (Å²) in [5, 5.41) is 3.69. The molecule has 1 aromatic heterocycles.